The van der Waals surface area contributed by atoms with Gasteiger partial charge < -0.3 is 15.0 Å². The molecule has 0 aliphatic carbocycles. The van der Waals surface area contributed by atoms with Crippen LogP contribution < -0.4 is 10.2 Å². The molecule has 8 heteroatoms. The van der Waals surface area contributed by atoms with Crippen molar-refractivity contribution in [3.63, 3.8) is 0 Å². The number of anilines is 1. The molecule has 0 radical (unpaired) electrons. The van der Waals surface area contributed by atoms with Crippen molar-refractivity contribution in [2.24, 2.45) is 0 Å². The summed E-state index contributed by atoms with van der Waals surface area (Å²) in [6.07, 6.45) is 0.182. The number of carbonyl (C=O) groups excluding carboxylic acids is 4. The molecule has 0 saturated carbocycles. The van der Waals surface area contributed by atoms with Crippen LogP contribution in [0.2, 0.25) is 0 Å². The van der Waals surface area contributed by atoms with Gasteiger partial charge in [0.1, 0.15) is 0 Å². The van der Waals surface area contributed by atoms with Crippen molar-refractivity contribution in [2.45, 2.75) is 51.4 Å². The van der Waals surface area contributed by atoms with Gasteiger partial charge in [-0.05, 0) is 49.2 Å². The van der Waals surface area contributed by atoms with Gasteiger partial charge in [-0.2, -0.15) is 0 Å². The number of para-hydroxylation sites is 1. The number of amides is 3. The topological polar surface area (TPSA) is 96.0 Å². The van der Waals surface area contributed by atoms with Gasteiger partial charge in [0.2, 0.25) is 11.6 Å². The summed E-state index contributed by atoms with van der Waals surface area (Å²) in [7, 11) is 0. The maximum absolute atomic E-state index is 13.7. The van der Waals surface area contributed by atoms with E-state index < -0.39 is 24.1 Å². The van der Waals surface area contributed by atoms with Crippen LogP contribution >= 0.6 is 0 Å². The molecule has 0 unspecified atom stereocenters. The first-order valence-corrected chi connectivity index (χ1v) is 12.5. The van der Waals surface area contributed by atoms with E-state index in [1.807, 2.05) is 49.4 Å². The van der Waals surface area contributed by atoms with Crippen molar-refractivity contribution in [2.75, 3.05) is 11.5 Å². The van der Waals surface area contributed by atoms with Crippen molar-refractivity contribution in [1.82, 2.24) is 10.2 Å². The third kappa shape index (κ3) is 3.93. The van der Waals surface area contributed by atoms with Gasteiger partial charge in [0.25, 0.3) is 11.8 Å². The molecular formula is C29H29N3O5. The van der Waals surface area contributed by atoms with E-state index in [9.17, 15) is 19.2 Å². The Morgan fingerprint density at radius 3 is 2.46 bits per heavy atom. The van der Waals surface area contributed by atoms with E-state index in [4.69, 9.17) is 4.74 Å². The summed E-state index contributed by atoms with van der Waals surface area (Å²) in [5, 5.41) is 4.99. The summed E-state index contributed by atoms with van der Waals surface area (Å²) in [5.74, 6) is -1.87. The van der Waals surface area contributed by atoms with Gasteiger partial charge in [-0.3, -0.25) is 19.3 Å². The van der Waals surface area contributed by atoms with E-state index in [1.165, 1.54) is 9.80 Å². The fraction of sp³-hybridized carbons (Fsp3) is 0.310. The Labute approximate surface area is 215 Å². The molecule has 2 heterocycles. The van der Waals surface area contributed by atoms with Crippen LogP contribution in [-0.2, 0) is 19.1 Å². The summed E-state index contributed by atoms with van der Waals surface area (Å²) in [5.41, 5.74) is 0.0666. The second kappa shape index (κ2) is 9.35. The minimum atomic E-state index is -1.63. The number of nitrogens with zero attached hydrogens (tertiary/aromatic N) is 2. The van der Waals surface area contributed by atoms with E-state index in [1.54, 1.807) is 38.1 Å². The molecule has 37 heavy (non-hydrogen) atoms. The van der Waals surface area contributed by atoms with Crippen LogP contribution in [0.1, 0.15) is 55.6 Å². The van der Waals surface area contributed by atoms with E-state index in [2.05, 4.69) is 5.32 Å². The number of hydrogen-bond acceptors (Lipinski definition) is 5. The molecular weight excluding hydrogens is 470 g/mol. The highest BCUT2D eigenvalue weighted by atomic mass is 16.5. The van der Waals surface area contributed by atoms with Gasteiger partial charge >= 0.3 is 5.97 Å². The molecule has 1 N–H and O–H groups in total. The van der Waals surface area contributed by atoms with Crippen LogP contribution in [-0.4, -0.2) is 46.9 Å². The Balaban J connectivity index is 1.37. The lowest BCUT2D eigenvalue weighted by Crippen LogP contribution is -2.70. The second-order valence-corrected chi connectivity index (χ2v) is 9.77. The van der Waals surface area contributed by atoms with Crippen LogP contribution in [0.15, 0.2) is 66.7 Å². The summed E-state index contributed by atoms with van der Waals surface area (Å²) in [6.45, 7) is 4.93. The summed E-state index contributed by atoms with van der Waals surface area (Å²) in [4.78, 5) is 55.8. The summed E-state index contributed by atoms with van der Waals surface area (Å²) < 4.78 is 5.53. The molecule has 3 amide bonds. The zero-order valence-corrected chi connectivity index (χ0v) is 21.1. The average molecular weight is 500 g/mol. The van der Waals surface area contributed by atoms with Crippen molar-refractivity contribution in [1.29, 1.82) is 0 Å². The molecule has 2 aliphatic heterocycles. The lowest BCUT2D eigenvalue weighted by Gasteiger charge is -2.50. The first-order valence-electron chi connectivity index (χ1n) is 12.5. The molecule has 2 aliphatic rings. The van der Waals surface area contributed by atoms with E-state index >= 15 is 0 Å². The van der Waals surface area contributed by atoms with Gasteiger partial charge in [0.05, 0.1) is 17.3 Å². The number of ether oxygens (including phenoxy) is 1. The van der Waals surface area contributed by atoms with Crippen molar-refractivity contribution in [3.8, 4) is 0 Å². The van der Waals surface area contributed by atoms with Crippen LogP contribution in [0.5, 0.6) is 0 Å². The molecule has 3 aromatic rings. The summed E-state index contributed by atoms with van der Waals surface area (Å²) in [6, 6.07) is 19.8. The maximum atomic E-state index is 13.7. The zero-order valence-electron chi connectivity index (χ0n) is 21.1. The smallest absolute Gasteiger partial charge is 0.354 e. The van der Waals surface area contributed by atoms with Crippen molar-refractivity contribution < 1.29 is 23.9 Å². The minimum Gasteiger partial charge on any atom is -0.452 e. The van der Waals surface area contributed by atoms with E-state index in [0.29, 0.717) is 11.3 Å². The lowest BCUT2D eigenvalue weighted by atomic mass is 9.95. The molecule has 3 aromatic carbocycles. The Bertz CT molecular complexity index is 1410. The monoisotopic (exact) mass is 499 g/mol. The number of benzene rings is 3. The number of rotatable bonds is 6. The van der Waals surface area contributed by atoms with Crippen LogP contribution in [0, 0.1) is 0 Å². The van der Waals surface area contributed by atoms with Gasteiger partial charge in [-0.15, -0.1) is 0 Å². The van der Waals surface area contributed by atoms with Crippen molar-refractivity contribution in [3.05, 3.63) is 77.9 Å². The fourth-order valence-electron chi connectivity index (χ4n) is 5.61. The van der Waals surface area contributed by atoms with E-state index in [0.717, 1.165) is 16.3 Å². The number of carbonyl (C=O) groups is 4. The highest BCUT2D eigenvalue weighted by Crippen LogP contribution is 2.46. The number of nitrogens with one attached hydrogen (secondary N) is 1. The molecule has 190 valence electrons. The second-order valence-electron chi connectivity index (χ2n) is 9.77. The van der Waals surface area contributed by atoms with Crippen LogP contribution in [0.3, 0.4) is 0 Å². The van der Waals surface area contributed by atoms with Gasteiger partial charge in [-0.1, -0.05) is 54.6 Å². The quantitative estimate of drug-likeness (QED) is 0.518. The molecule has 0 spiro atoms. The average Bonchev–Trinajstić information content (AvgIpc) is 3.24. The standard InChI is InChI=1S/C29H29N3O5/c1-18(2)31-27(35)23-12-6-7-14-24(23)32-26(34)15-16-29(31,32)28(36)37-17-25(33)30-19(3)21-13-8-10-20-9-4-5-11-22(20)21/h4-14,18-19H,15-17H2,1-3H3,(H,30,33)/t19-,29-/m1/s1. The number of hydrogen-bond donors (Lipinski definition) is 1. The first kappa shape index (κ1) is 24.5. The first-order chi connectivity index (χ1) is 17.8. The number of esters is 1. The molecule has 0 aromatic heterocycles. The largest absolute Gasteiger partial charge is 0.452 e. The van der Waals surface area contributed by atoms with E-state index in [-0.39, 0.29) is 36.7 Å². The third-order valence-corrected chi connectivity index (χ3v) is 7.14. The molecule has 8 nitrogen and oxygen atoms in total. The normalized spacial score (nSPS) is 19.6. The minimum absolute atomic E-state index is 0.0875. The molecule has 0 bridgehead atoms. The van der Waals surface area contributed by atoms with Gasteiger partial charge in [0.15, 0.2) is 6.61 Å². The number of fused-ring (bicyclic) bond motifs is 4. The lowest BCUT2D eigenvalue weighted by molar-refractivity contribution is -0.161. The van der Waals surface area contributed by atoms with Crippen LogP contribution in [0.4, 0.5) is 5.69 Å². The molecule has 1 fully saturated rings. The van der Waals surface area contributed by atoms with Gasteiger partial charge in [0, 0.05) is 18.9 Å². The summed E-state index contributed by atoms with van der Waals surface area (Å²) >= 11 is 0. The maximum Gasteiger partial charge on any atom is 0.354 e. The predicted octanol–water partition coefficient (Wildman–Crippen LogP) is 3.95. The highest BCUT2D eigenvalue weighted by Gasteiger charge is 2.62. The third-order valence-electron chi connectivity index (χ3n) is 7.14. The SMILES string of the molecule is CC(C)N1C(=O)c2ccccc2N2C(=O)CC[C@]21C(=O)OCC(=O)N[C@H](C)c1cccc2ccccc12. The molecule has 5 rings (SSSR count). The van der Waals surface area contributed by atoms with Crippen LogP contribution in [0.25, 0.3) is 10.8 Å². The highest BCUT2D eigenvalue weighted by molar-refractivity contribution is 6.15. The molecule has 2 atom stereocenters. The Hall–Kier alpha value is -4.20. The van der Waals surface area contributed by atoms with Gasteiger partial charge in [-0.25, -0.2) is 4.79 Å². The molecule has 1 saturated heterocycles. The fourth-order valence-corrected chi connectivity index (χ4v) is 5.61. The zero-order chi connectivity index (χ0) is 26.3. The van der Waals surface area contributed by atoms with Crippen molar-refractivity contribution >= 4 is 40.2 Å². The predicted molar refractivity (Wildman–Crippen MR) is 139 cm³/mol. The Morgan fingerprint density at radius 2 is 1.68 bits per heavy atom. The Kier molecular flexibility index (Phi) is 6.19. The Morgan fingerprint density at radius 1 is 0.973 bits per heavy atom.